The van der Waals surface area contributed by atoms with Crippen LogP contribution in [0.1, 0.15) is 27.7 Å². The molecule has 0 saturated heterocycles. The number of ether oxygens (including phenoxy) is 2. The van der Waals surface area contributed by atoms with Crippen LogP contribution < -0.4 is 0 Å². The van der Waals surface area contributed by atoms with Crippen LogP contribution in [0.25, 0.3) is 0 Å². The highest BCUT2D eigenvalue weighted by molar-refractivity contribution is 5.88. The van der Waals surface area contributed by atoms with Crippen molar-refractivity contribution in [3.05, 3.63) is 11.8 Å². The molecule has 79 valence electrons. The molecule has 4 heteroatoms. The second-order valence-electron chi connectivity index (χ2n) is 2.94. The van der Waals surface area contributed by atoms with Crippen molar-refractivity contribution in [3.8, 4) is 0 Å². The number of hydrogen-bond acceptors (Lipinski definition) is 4. The van der Waals surface area contributed by atoms with E-state index in [4.69, 9.17) is 4.74 Å². The van der Waals surface area contributed by atoms with Crippen molar-refractivity contribution in [1.82, 2.24) is 0 Å². The molecule has 0 atom stereocenters. The van der Waals surface area contributed by atoms with E-state index < -0.39 is 11.9 Å². The van der Waals surface area contributed by atoms with Crippen LogP contribution in [0, 0.1) is 12.0 Å². The maximum absolute atomic E-state index is 11.2. The highest BCUT2D eigenvalue weighted by Gasteiger charge is 2.15. The van der Waals surface area contributed by atoms with E-state index in [2.05, 4.69) is 10.8 Å². The van der Waals surface area contributed by atoms with E-state index in [-0.39, 0.29) is 18.3 Å². The molecule has 0 aromatic heterocycles. The molecule has 0 fully saturated rings. The molecule has 0 heterocycles. The highest BCUT2D eigenvalue weighted by Crippen LogP contribution is 2.05. The predicted molar refractivity (Wildman–Crippen MR) is 50.0 cm³/mol. The van der Waals surface area contributed by atoms with Gasteiger partial charge in [-0.25, -0.2) is 4.79 Å². The maximum Gasteiger partial charge on any atom is 0.374 e. The van der Waals surface area contributed by atoms with E-state index >= 15 is 0 Å². The molecule has 14 heavy (non-hydrogen) atoms. The SMILES string of the molecule is CCOC(=O)/C(=[C]\C(C)C)OC(C)=O. The van der Waals surface area contributed by atoms with Crippen LogP contribution >= 0.6 is 0 Å². The Bertz CT molecular complexity index is 241. The summed E-state index contributed by atoms with van der Waals surface area (Å²) in [5.41, 5.74) is 0. The second-order valence-corrected chi connectivity index (χ2v) is 2.94. The van der Waals surface area contributed by atoms with Crippen LogP contribution in [-0.4, -0.2) is 18.5 Å². The summed E-state index contributed by atoms with van der Waals surface area (Å²) < 4.78 is 9.36. The van der Waals surface area contributed by atoms with Gasteiger partial charge in [0.25, 0.3) is 0 Å². The number of carbonyl (C=O) groups excluding carboxylic acids is 2. The number of allylic oxidation sites excluding steroid dienone is 1. The number of rotatable bonds is 4. The van der Waals surface area contributed by atoms with Gasteiger partial charge in [0.2, 0.25) is 5.76 Å². The molecule has 0 bridgehead atoms. The normalized spacial score (nSPS) is 11.4. The Kier molecular flexibility index (Phi) is 5.60. The Hall–Kier alpha value is -1.32. The van der Waals surface area contributed by atoms with Crippen LogP contribution in [-0.2, 0) is 19.1 Å². The lowest BCUT2D eigenvalue weighted by Gasteiger charge is -2.06. The van der Waals surface area contributed by atoms with Crippen LogP contribution in [0.5, 0.6) is 0 Å². The summed E-state index contributed by atoms with van der Waals surface area (Å²) in [6.07, 6.45) is 2.69. The second kappa shape index (κ2) is 6.18. The van der Waals surface area contributed by atoms with Crippen molar-refractivity contribution in [1.29, 1.82) is 0 Å². The molecule has 1 radical (unpaired) electrons. The lowest BCUT2D eigenvalue weighted by molar-refractivity contribution is -0.150. The summed E-state index contributed by atoms with van der Waals surface area (Å²) in [5.74, 6) is -1.37. The highest BCUT2D eigenvalue weighted by atomic mass is 16.6. The molecule has 0 unspecified atom stereocenters. The van der Waals surface area contributed by atoms with Gasteiger partial charge in [0, 0.05) is 13.0 Å². The number of carbonyl (C=O) groups is 2. The molecule has 0 aliphatic heterocycles. The molecular weight excluding hydrogens is 184 g/mol. The monoisotopic (exact) mass is 199 g/mol. The van der Waals surface area contributed by atoms with Gasteiger partial charge in [-0.15, -0.1) is 0 Å². The molecule has 0 saturated carbocycles. The molecule has 0 N–H and O–H groups in total. The van der Waals surface area contributed by atoms with Gasteiger partial charge in [-0.3, -0.25) is 4.79 Å². The summed E-state index contributed by atoms with van der Waals surface area (Å²) in [6.45, 7) is 6.79. The average Bonchev–Trinajstić information content (AvgIpc) is 2.01. The number of hydrogen-bond donors (Lipinski definition) is 0. The molecule has 0 aromatic rings. The van der Waals surface area contributed by atoms with Gasteiger partial charge in [0.1, 0.15) is 0 Å². The van der Waals surface area contributed by atoms with Crippen molar-refractivity contribution >= 4 is 11.9 Å². The standard InChI is InChI=1S/C10H15O4/c1-5-13-10(12)9(6-7(2)3)14-8(4)11/h7H,5H2,1-4H3. The van der Waals surface area contributed by atoms with Crippen LogP contribution in [0.15, 0.2) is 5.76 Å². The zero-order chi connectivity index (χ0) is 11.1. The third kappa shape index (κ3) is 5.35. The Morgan fingerprint density at radius 1 is 1.36 bits per heavy atom. The summed E-state index contributed by atoms with van der Waals surface area (Å²) >= 11 is 0. The first-order valence-corrected chi connectivity index (χ1v) is 4.46. The Morgan fingerprint density at radius 3 is 2.29 bits per heavy atom. The lowest BCUT2D eigenvalue weighted by atomic mass is 10.2. The van der Waals surface area contributed by atoms with E-state index in [1.165, 1.54) is 6.92 Å². The first-order valence-electron chi connectivity index (χ1n) is 4.46. The topological polar surface area (TPSA) is 52.6 Å². The molecular formula is C10H15O4. The van der Waals surface area contributed by atoms with Crippen LogP contribution in [0.2, 0.25) is 0 Å². The molecule has 0 amide bonds. The van der Waals surface area contributed by atoms with E-state index in [1.807, 2.05) is 13.8 Å². The average molecular weight is 199 g/mol. The van der Waals surface area contributed by atoms with Gasteiger partial charge in [-0.05, 0) is 12.8 Å². The fourth-order valence-corrected chi connectivity index (χ4v) is 0.733. The summed E-state index contributed by atoms with van der Waals surface area (Å²) in [5, 5.41) is 0. The molecule has 4 nitrogen and oxygen atoms in total. The minimum absolute atomic E-state index is 0.00578. The van der Waals surface area contributed by atoms with Gasteiger partial charge in [0.05, 0.1) is 6.61 Å². The molecule has 0 aliphatic carbocycles. The fraction of sp³-hybridized carbons (Fsp3) is 0.600. The molecule has 0 aliphatic rings. The minimum atomic E-state index is -0.656. The Morgan fingerprint density at radius 2 is 1.93 bits per heavy atom. The van der Waals surface area contributed by atoms with Crippen molar-refractivity contribution in [2.75, 3.05) is 6.61 Å². The van der Waals surface area contributed by atoms with E-state index in [0.29, 0.717) is 0 Å². The van der Waals surface area contributed by atoms with E-state index in [0.717, 1.165) is 0 Å². The third-order valence-electron chi connectivity index (χ3n) is 1.13. The van der Waals surface area contributed by atoms with E-state index in [9.17, 15) is 9.59 Å². The maximum atomic E-state index is 11.2. The number of esters is 2. The molecule has 0 aromatic carbocycles. The van der Waals surface area contributed by atoms with Crippen molar-refractivity contribution in [2.45, 2.75) is 27.7 Å². The van der Waals surface area contributed by atoms with Gasteiger partial charge in [-0.1, -0.05) is 13.8 Å². The van der Waals surface area contributed by atoms with Crippen LogP contribution in [0.3, 0.4) is 0 Å². The first-order chi connectivity index (χ1) is 6.47. The quantitative estimate of drug-likeness (QED) is 0.390. The molecule has 0 spiro atoms. The van der Waals surface area contributed by atoms with Crippen molar-refractivity contribution < 1.29 is 19.1 Å². The zero-order valence-electron chi connectivity index (χ0n) is 8.92. The summed E-state index contributed by atoms with van der Waals surface area (Å²) in [6, 6.07) is 0. The zero-order valence-corrected chi connectivity index (χ0v) is 8.92. The van der Waals surface area contributed by atoms with Crippen molar-refractivity contribution in [2.24, 2.45) is 5.92 Å². The third-order valence-corrected chi connectivity index (χ3v) is 1.13. The van der Waals surface area contributed by atoms with Gasteiger partial charge in [-0.2, -0.15) is 0 Å². The Labute approximate surface area is 83.9 Å². The molecule has 0 rings (SSSR count). The van der Waals surface area contributed by atoms with Gasteiger partial charge >= 0.3 is 11.9 Å². The van der Waals surface area contributed by atoms with E-state index in [1.54, 1.807) is 6.92 Å². The van der Waals surface area contributed by atoms with Gasteiger partial charge in [0.15, 0.2) is 0 Å². The van der Waals surface area contributed by atoms with Crippen molar-refractivity contribution in [3.63, 3.8) is 0 Å². The summed E-state index contributed by atoms with van der Waals surface area (Å²) in [7, 11) is 0. The Balaban J connectivity index is 4.54. The smallest absolute Gasteiger partial charge is 0.374 e. The lowest BCUT2D eigenvalue weighted by Crippen LogP contribution is -2.14. The summed E-state index contributed by atoms with van der Waals surface area (Å²) in [4.78, 5) is 21.9. The first kappa shape index (κ1) is 12.7. The predicted octanol–water partition coefficient (Wildman–Crippen LogP) is 1.46. The minimum Gasteiger partial charge on any atom is -0.460 e. The van der Waals surface area contributed by atoms with Crippen LogP contribution in [0.4, 0.5) is 0 Å². The largest absolute Gasteiger partial charge is 0.460 e. The van der Waals surface area contributed by atoms with Gasteiger partial charge < -0.3 is 9.47 Å². The fourth-order valence-electron chi connectivity index (χ4n) is 0.733.